The lowest BCUT2D eigenvalue weighted by molar-refractivity contribution is -0.129. The molecule has 0 bridgehead atoms. The molecule has 1 unspecified atom stereocenters. The van der Waals surface area contributed by atoms with E-state index in [1.165, 1.54) is 0 Å². The van der Waals surface area contributed by atoms with Crippen molar-refractivity contribution in [2.24, 2.45) is 5.73 Å². The predicted molar refractivity (Wildman–Crippen MR) is 57.0 cm³/mol. The second-order valence-corrected chi connectivity index (χ2v) is 3.58. The van der Waals surface area contributed by atoms with Gasteiger partial charge in [0.25, 0.3) is 5.91 Å². The van der Waals surface area contributed by atoms with E-state index in [-0.39, 0.29) is 19.6 Å². The minimum atomic E-state index is -0.721. The lowest BCUT2D eigenvalue weighted by atomic mass is 10.2. The van der Waals surface area contributed by atoms with Gasteiger partial charge < -0.3 is 26.0 Å². The molecular weight excluding hydrogens is 228 g/mol. The molecule has 0 spiro atoms. The highest BCUT2D eigenvalue weighted by atomic mass is 16.2. The Morgan fingerprint density at radius 2 is 2.18 bits per heavy atom. The Morgan fingerprint density at radius 1 is 1.47 bits per heavy atom. The van der Waals surface area contributed by atoms with Crippen molar-refractivity contribution in [1.29, 1.82) is 0 Å². The van der Waals surface area contributed by atoms with Crippen LogP contribution in [-0.4, -0.2) is 61.1 Å². The highest BCUT2D eigenvalue weighted by Crippen LogP contribution is 2.04. The number of nitrogens with one attached hydrogen (secondary N) is 2. The van der Waals surface area contributed by atoms with E-state index in [1.807, 2.05) is 0 Å². The maximum absolute atomic E-state index is 11.6. The largest absolute Gasteiger partial charge is 0.325 e. The van der Waals surface area contributed by atoms with E-state index in [9.17, 15) is 19.2 Å². The van der Waals surface area contributed by atoms with Crippen molar-refractivity contribution in [1.82, 2.24) is 15.5 Å². The van der Waals surface area contributed by atoms with Crippen LogP contribution in [-0.2, 0) is 14.4 Å². The molecule has 0 aliphatic carbocycles. The molecule has 17 heavy (non-hydrogen) atoms. The zero-order valence-corrected chi connectivity index (χ0v) is 9.09. The van der Waals surface area contributed by atoms with Gasteiger partial charge in [0, 0.05) is 13.1 Å². The first-order chi connectivity index (χ1) is 8.10. The van der Waals surface area contributed by atoms with Crippen molar-refractivity contribution in [3.63, 3.8) is 0 Å². The first-order valence-corrected chi connectivity index (χ1v) is 5.07. The number of carbonyl (C=O) groups excluding carboxylic acids is 4. The van der Waals surface area contributed by atoms with Crippen LogP contribution < -0.4 is 16.4 Å². The molecule has 94 valence electrons. The number of urea groups is 1. The van der Waals surface area contributed by atoms with Gasteiger partial charge in [-0.25, -0.2) is 4.79 Å². The van der Waals surface area contributed by atoms with Crippen LogP contribution in [0, 0.1) is 0 Å². The number of carbonyl (C=O) groups is 4. The molecule has 1 aliphatic heterocycles. The fourth-order valence-corrected chi connectivity index (χ4v) is 1.41. The summed E-state index contributed by atoms with van der Waals surface area (Å²) in [6.45, 7) is 0.132. The third-order valence-electron chi connectivity index (χ3n) is 2.27. The molecule has 0 aromatic rings. The van der Waals surface area contributed by atoms with Crippen LogP contribution in [0.3, 0.4) is 0 Å². The van der Waals surface area contributed by atoms with Gasteiger partial charge in [0.15, 0.2) is 0 Å². The topological polar surface area (TPSA) is 122 Å². The molecule has 0 aromatic carbocycles. The molecule has 8 nitrogen and oxygen atoms in total. The molecule has 1 fully saturated rings. The van der Waals surface area contributed by atoms with E-state index in [2.05, 4.69) is 10.6 Å². The first kappa shape index (κ1) is 13.3. The SMILES string of the molecule is NC(C=O)CNC[C@@H]1NC(=O)N(CC=O)C1=O. The summed E-state index contributed by atoms with van der Waals surface area (Å²) in [7, 11) is 0. The van der Waals surface area contributed by atoms with Gasteiger partial charge in [0.1, 0.15) is 18.6 Å². The van der Waals surface area contributed by atoms with Gasteiger partial charge in [-0.05, 0) is 0 Å². The highest BCUT2D eigenvalue weighted by Gasteiger charge is 2.37. The van der Waals surface area contributed by atoms with Gasteiger partial charge in [-0.15, -0.1) is 0 Å². The molecule has 1 heterocycles. The summed E-state index contributed by atoms with van der Waals surface area (Å²) in [5, 5.41) is 5.20. The van der Waals surface area contributed by atoms with Crippen molar-refractivity contribution in [2.45, 2.75) is 12.1 Å². The van der Waals surface area contributed by atoms with Crippen LogP contribution in [0.15, 0.2) is 0 Å². The molecule has 1 aliphatic rings. The van der Waals surface area contributed by atoms with Crippen LogP contribution in [0.5, 0.6) is 0 Å². The molecule has 2 atom stereocenters. The molecular formula is C9H14N4O4. The quantitative estimate of drug-likeness (QED) is 0.328. The summed E-state index contributed by atoms with van der Waals surface area (Å²) in [5.74, 6) is -0.464. The van der Waals surface area contributed by atoms with Crippen LogP contribution >= 0.6 is 0 Å². The molecule has 1 rings (SSSR count). The summed E-state index contributed by atoms with van der Waals surface area (Å²) in [5.41, 5.74) is 5.34. The third kappa shape index (κ3) is 3.33. The zero-order valence-electron chi connectivity index (χ0n) is 9.09. The van der Waals surface area contributed by atoms with Crippen LogP contribution in [0.2, 0.25) is 0 Å². The number of hydrogen-bond acceptors (Lipinski definition) is 6. The Hall–Kier alpha value is -1.80. The Labute approximate surface area is 97.5 Å². The fourth-order valence-electron chi connectivity index (χ4n) is 1.41. The molecule has 4 N–H and O–H groups in total. The van der Waals surface area contributed by atoms with E-state index in [0.29, 0.717) is 12.6 Å². The van der Waals surface area contributed by atoms with Crippen molar-refractivity contribution < 1.29 is 19.2 Å². The van der Waals surface area contributed by atoms with Crippen LogP contribution in [0.4, 0.5) is 4.79 Å². The normalized spacial score (nSPS) is 21.2. The predicted octanol–water partition coefficient (Wildman–Crippen LogP) is -2.78. The van der Waals surface area contributed by atoms with Crippen LogP contribution in [0.25, 0.3) is 0 Å². The lowest BCUT2D eigenvalue weighted by Gasteiger charge is -2.11. The average molecular weight is 242 g/mol. The van der Waals surface area contributed by atoms with Gasteiger partial charge in [0.2, 0.25) is 0 Å². The summed E-state index contributed by atoms with van der Waals surface area (Å²) in [4.78, 5) is 44.2. The lowest BCUT2D eigenvalue weighted by Crippen LogP contribution is -2.44. The van der Waals surface area contributed by atoms with Gasteiger partial charge >= 0.3 is 6.03 Å². The van der Waals surface area contributed by atoms with E-state index in [0.717, 1.165) is 4.90 Å². The average Bonchev–Trinajstić information content (AvgIpc) is 2.57. The number of hydrogen-bond donors (Lipinski definition) is 3. The summed E-state index contributed by atoms with van der Waals surface area (Å²) >= 11 is 0. The summed E-state index contributed by atoms with van der Waals surface area (Å²) in [6.07, 6.45) is 1.07. The summed E-state index contributed by atoms with van der Waals surface area (Å²) < 4.78 is 0. The van der Waals surface area contributed by atoms with Crippen molar-refractivity contribution in [3.05, 3.63) is 0 Å². The van der Waals surface area contributed by atoms with Gasteiger partial charge in [0.05, 0.1) is 12.6 Å². The maximum Gasteiger partial charge on any atom is 0.325 e. The van der Waals surface area contributed by atoms with E-state index < -0.39 is 24.0 Å². The minimum Gasteiger partial charge on any atom is -0.324 e. The molecule has 0 saturated carbocycles. The minimum absolute atomic E-state index is 0.168. The van der Waals surface area contributed by atoms with Gasteiger partial charge in [-0.3, -0.25) is 9.69 Å². The van der Waals surface area contributed by atoms with Crippen molar-refractivity contribution in [3.8, 4) is 0 Å². The number of rotatable bonds is 7. The fraction of sp³-hybridized carbons (Fsp3) is 0.556. The highest BCUT2D eigenvalue weighted by molar-refractivity contribution is 6.05. The second kappa shape index (κ2) is 6.06. The molecule has 1 saturated heterocycles. The number of amides is 3. The Kier molecular flexibility index (Phi) is 4.73. The zero-order chi connectivity index (χ0) is 12.8. The molecule has 8 heteroatoms. The van der Waals surface area contributed by atoms with Crippen molar-refractivity contribution in [2.75, 3.05) is 19.6 Å². The monoisotopic (exact) mass is 242 g/mol. The third-order valence-corrected chi connectivity index (χ3v) is 2.27. The van der Waals surface area contributed by atoms with Crippen molar-refractivity contribution >= 4 is 24.5 Å². The summed E-state index contributed by atoms with van der Waals surface area (Å²) in [6, 6.07) is -1.96. The Bertz CT molecular complexity index is 333. The maximum atomic E-state index is 11.6. The van der Waals surface area contributed by atoms with Crippen LogP contribution in [0.1, 0.15) is 0 Å². The number of aldehydes is 2. The first-order valence-electron chi connectivity index (χ1n) is 5.07. The van der Waals surface area contributed by atoms with E-state index in [4.69, 9.17) is 5.73 Å². The standard InChI is InChI=1S/C9H14N4O4/c10-6(5-15)3-11-4-7-8(16)13(1-2-14)9(17)12-7/h2,5-7,11H,1,3-4,10H2,(H,12,17)/t6?,7-/m0/s1. The second-order valence-electron chi connectivity index (χ2n) is 3.58. The van der Waals surface area contributed by atoms with Gasteiger partial charge in [-0.2, -0.15) is 0 Å². The van der Waals surface area contributed by atoms with Gasteiger partial charge in [-0.1, -0.05) is 0 Å². The van der Waals surface area contributed by atoms with E-state index >= 15 is 0 Å². The number of nitrogens with two attached hydrogens (primary N) is 1. The smallest absolute Gasteiger partial charge is 0.324 e. The Morgan fingerprint density at radius 3 is 2.76 bits per heavy atom. The van der Waals surface area contributed by atoms with E-state index in [1.54, 1.807) is 0 Å². The Balaban J connectivity index is 2.41. The molecule has 0 radical (unpaired) electrons. The molecule has 0 aromatic heterocycles. The molecule has 3 amide bonds. The number of nitrogens with zero attached hydrogens (tertiary/aromatic N) is 1. The number of imide groups is 1.